The van der Waals surface area contributed by atoms with Crippen LogP contribution in [0.4, 0.5) is 0 Å². The number of allylic oxidation sites excluding steroid dienone is 8. The molecule has 0 bridgehead atoms. The van der Waals surface area contributed by atoms with Gasteiger partial charge in [0.1, 0.15) is 34.5 Å². The largest absolute Gasteiger partial charge is 0.493 e. The third-order valence-electron chi connectivity index (χ3n) is 13.5. The second-order valence-electron chi connectivity index (χ2n) is 26.4. The van der Waals surface area contributed by atoms with E-state index in [-0.39, 0.29) is 35.4 Å². The average molecular weight is 1180 g/mol. The average Bonchev–Trinajstić information content (AvgIpc) is 0.833. The second kappa shape index (κ2) is 31.0. The molecule has 12 heteroatoms. The molecule has 0 amide bonds. The van der Waals surface area contributed by atoms with Gasteiger partial charge in [0.2, 0.25) is 0 Å². The molecular formula is C74H96O12. The maximum absolute atomic E-state index is 13.3. The minimum Gasteiger partial charge on any atom is -0.493 e. The summed E-state index contributed by atoms with van der Waals surface area (Å²) in [4.78, 5) is 77.2. The fourth-order valence-corrected chi connectivity index (χ4v) is 7.68. The minimum absolute atomic E-state index is 0.210. The number of carbonyl (C=O) groups is 6. The van der Waals surface area contributed by atoms with Crippen molar-refractivity contribution in [3.05, 3.63) is 167 Å². The summed E-state index contributed by atoms with van der Waals surface area (Å²) in [7, 11) is 0. The first-order valence-electron chi connectivity index (χ1n) is 29.6. The third-order valence-corrected chi connectivity index (χ3v) is 13.5. The lowest BCUT2D eigenvalue weighted by Crippen LogP contribution is -2.30. The molecule has 0 fully saturated rings. The van der Waals surface area contributed by atoms with Gasteiger partial charge in [0.25, 0.3) is 0 Å². The molecular weight excluding hydrogens is 1080 g/mol. The van der Waals surface area contributed by atoms with Crippen molar-refractivity contribution in [2.24, 2.45) is 21.7 Å². The number of benzene rings is 4. The van der Waals surface area contributed by atoms with Gasteiger partial charge in [-0.2, -0.15) is 0 Å². The van der Waals surface area contributed by atoms with Gasteiger partial charge in [0, 0.05) is 49.8 Å². The van der Waals surface area contributed by atoms with E-state index in [4.69, 9.17) is 28.4 Å². The molecule has 12 nitrogen and oxygen atoms in total. The van der Waals surface area contributed by atoms with E-state index in [9.17, 15) is 28.8 Å². The zero-order valence-corrected chi connectivity index (χ0v) is 55.1. The lowest BCUT2D eigenvalue weighted by atomic mass is 9.76. The molecule has 86 heavy (non-hydrogen) atoms. The summed E-state index contributed by atoms with van der Waals surface area (Å²) in [6.07, 6.45) is 20.5. The molecule has 0 aromatic heterocycles. The molecule has 0 N–H and O–H groups in total. The second-order valence-corrected chi connectivity index (χ2v) is 26.4. The Labute approximate surface area is 513 Å². The van der Waals surface area contributed by atoms with Gasteiger partial charge in [-0.1, -0.05) is 78.0 Å². The summed E-state index contributed by atoms with van der Waals surface area (Å²) in [5, 5.41) is 0. The Kier molecular flexibility index (Phi) is 26.1. The Balaban J connectivity index is 0.000000451. The molecule has 4 aromatic rings. The van der Waals surface area contributed by atoms with Crippen LogP contribution in [0.15, 0.2) is 122 Å². The fraction of sp³-hybridized carbons (Fsp3) is 0.432. The smallest absolute Gasteiger partial charge is 0.316 e. The quantitative estimate of drug-likeness (QED) is 0.0215. The Bertz CT molecular complexity index is 3180. The fourth-order valence-electron chi connectivity index (χ4n) is 7.68. The van der Waals surface area contributed by atoms with Crippen LogP contribution in [0.1, 0.15) is 205 Å². The number of rotatable bonds is 24. The van der Waals surface area contributed by atoms with Gasteiger partial charge in [-0.25, -0.2) is 0 Å². The number of esters is 4. The third kappa shape index (κ3) is 20.7. The molecule has 0 heterocycles. The molecule has 0 aliphatic rings. The summed E-state index contributed by atoms with van der Waals surface area (Å²) in [5.74, 6) is 0.909. The number of carbonyl (C=O) groups excluding carboxylic acids is 6. The van der Waals surface area contributed by atoms with E-state index in [0.29, 0.717) is 82.8 Å². The topological polar surface area (TPSA) is 158 Å². The van der Waals surface area contributed by atoms with Crippen LogP contribution in [0.3, 0.4) is 0 Å². The number of ketones is 2. The highest BCUT2D eigenvalue weighted by atomic mass is 16.6. The van der Waals surface area contributed by atoms with Crippen LogP contribution in [-0.2, 0) is 42.8 Å². The Morgan fingerprint density at radius 3 is 1.21 bits per heavy atom. The predicted octanol–water partition coefficient (Wildman–Crippen LogP) is 17.7. The van der Waals surface area contributed by atoms with Crippen LogP contribution in [0.2, 0.25) is 0 Å². The molecule has 0 saturated carbocycles. The van der Waals surface area contributed by atoms with Crippen molar-refractivity contribution in [2.75, 3.05) is 13.2 Å². The predicted molar refractivity (Wildman–Crippen MR) is 348 cm³/mol. The van der Waals surface area contributed by atoms with E-state index < -0.39 is 32.5 Å². The van der Waals surface area contributed by atoms with Crippen molar-refractivity contribution in [2.45, 2.75) is 175 Å². The van der Waals surface area contributed by atoms with Gasteiger partial charge < -0.3 is 28.4 Å². The van der Waals surface area contributed by atoms with Crippen LogP contribution >= 0.6 is 0 Å². The van der Waals surface area contributed by atoms with Gasteiger partial charge in [-0.05, 0) is 213 Å². The standard InChI is InChI=1S/C38H50O6.C36H46O6/c1-14-23-42-31-26(19-22-29(39)25-17-20-27(21-18-25)43-33(40)35(4,5)6)24-28(37(10,11)15-2)32(30(31)38(12,13)16-3)44-34(41)36(7,8)9;1-10-13-15-26-24-27(19-22-30(37)25-17-20-28(21-18-25)41-33(38)35(4,5)6)31(40-23-12-3)29(16-14-11-2)32(26)42-34(39)36(7,8)9/h15-22,24H,2-3,14,23H2,1,4-13H3;10-11,13-14,17-22,24H,12,15-16,23H2,1-9H3. The maximum Gasteiger partial charge on any atom is 0.316 e. The van der Waals surface area contributed by atoms with E-state index in [2.05, 4.69) is 13.2 Å². The molecule has 0 aliphatic heterocycles. The van der Waals surface area contributed by atoms with Crippen molar-refractivity contribution >= 4 is 47.6 Å². The number of hydrogen-bond donors (Lipinski definition) is 0. The normalized spacial score (nSPS) is 12.4. The summed E-state index contributed by atoms with van der Waals surface area (Å²) in [6, 6.07) is 16.8. The Morgan fingerprint density at radius 1 is 0.453 bits per heavy atom. The van der Waals surface area contributed by atoms with Crippen LogP contribution in [0.5, 0.6) is 34.5 Å². The molecule has 0 unspecified atom stereocenters. The van der Waals surface area contributed by atoms with Crippen LogP contribution < -0.4 is 28.4 Å². The van der Waals surface area contributed by atoms with E-state index in [1.807, 2.05) is 133 Å². The maximum atomic E-state index is 13.3. The van der Waals surface area contributed by atoms with Gasteiger partial charge in [-0.3, -0.25) is 28.8 Å². The van der Waals surface area contributed by atoms with Crippen molar-refractivity contribution in [1.29, 1.82) is 0 Å². The molecule has 0 radical (unpaired) electrons. The van der Waals surface area contributed by atoms with Crippen molar-refractivity contribution < 1.29 is 57.2 Å². The van der Waals surface area contributed by atoms with Crippen LogP contribution in [-0.4, -0.2) is 48.7 Å². The van der Waals surface area contributed by atoms with Crippen molar-refractivity contribution in [3.63, 3.8) is 0 Å². The summed E-state index contributed by atoms with van der Waals surface area (Å²) >= 11 is 0. The van der Waals surface area contributed by atoms with Crippen LogP contribution in [0.25, 0.3) is 12.2 Å². The molecule has 4 aromatic carbocycles. The van der Waals surface area contributed by atoms with E-state index in [0.717, 1.165) is 35.1 Å². The first-order chi connectivity index (χ1) is 39.9. The Morgan fingerprint density at radius 2 is 0.826 bits per heavy atom. The molecule has 464 valence electrons. The minimum atomic E-state index is -0.749. The molecule has 0 saturated heterocycles. The molecule has 4 rings (SSSR count). The van der Waals surface area contributed by atoms with Crippen LogP contribution in [0, 0.1) is 21.7 Å². The molecule has 0 spiro atoms. The summed E-state index contributed by atoms with van der Waals surface area (Å²) < 4.78 is 35.7. The monoisotopic (exact) mass is 1180 g/mol. The van der Waals surface area contributed by atoms with Crippen molar-refractivity contribution in [3.8, 4) is 34.5 Å². The number of hydrogen-bond acceptors (Lipinski definition) is 12. The molecule has 0 aliphatic carbocycles. The highest BCUT2D eigenvalue weighted by Gasteiger charge is 2.37. The molecule has 0 atom stereocenters. The Hall–Kier alpha value is -7.86. The first-order valence-corrected chi connectivity index (χ1v) is 29.6. The SMILES string of the molecule is C=CC(C)(C)c1cc(C=CC(=O)c2ccc(OC(=O)C(C)(C)C)cc2)c(OCCC)c(C(C)(C)C=C)c1OC(=O)C(C)(C)C.CC=CCc1cc(C=CC(=O)c2ccc(OC(=O)C(C)(C)C)cc2)c(OCCC)c(CC=CC)c1OC(=O)C(C)(C)C. The lowest BCUT2D eigenvalue weighted by molar-refractivity contribution is -0.143. The number of ether oxygens (including phenoxy) is 6. The first kappa shape index (κ1) is 72.4. The summed E-state index contributed by atoms with van der Waals surface area (Å²) in [6.45, 7) is 46.5. The highest BCUT2D eigenvalue weighted by Crippen LogP contribution is 2.49. The highest BCUT2D eigenvalue weighted by molar-refractivity contribution is 6.08. The zero-order chi connectivity index (χ0) is 65.2. The van der Waals surface area contributed by atoms with E-state index in [1.54, 1.807) is 114 Å². The zero-order valence-electron chi connectivity index (χ0n) is 55.1. The van der Waals surface area contributed by atoms with E-state index >= 15 is 0 Å². The van der Waals surface area contributed by atoms with Gasteiger partial charge >= 0.3 is 23.9 Å². The summed E-state index contributed by atoms with van der Waals surface area (Å²) in [5.41, 5.74) is 1.28. The lowest BCUT2D eigenvalue weighted by Gasteiger charge is -2.33. The van der Waals surface area contributed by atoms with E-state index in [1.165, 1.54) is 12.2 Å². The van der Waals surface area contributed by atoms with Gasteiger partial charge in [0.05, 0.1) is 34.9 Å². The van der Waals surface area contributed by atoms with Gasteiger partial charge in [-0.15, -0.1) is 13.2 Å². The van der Waals surface area contributed by atoms with Crippen molar-refractivity contribution in [1.82, 2.24) is 0 Å². The van der Waals surface area contributed by atoms with Gasteiger partial charge in [0.15, 0.2) is 11.6 Å².